The van der Waals surface area contributed by atoms with Crippen LogP contribution in [0.25, 0.3) is 20.9 Å². The molecule has 0 aliphatic heterocycles. The molecule has 2 atom stereocenters. The van der Waals surface area contributed by atoms with Crippen molar-refractivity contribution in [2.75, 3.05) is 0 Å². The molecule has 2 unspecified atom stereocenters. The first kappa shape index (κ1) is 35.6. The quantitative estimate of drug-likeness (QED) is 0.171. The van der Waals surface area contributed by atoms with E-state index in [1.165, 1.54) is 0 Å². The fraction of sp³-hybridized carbons (Fsp3) is 0.310. The van der Waals surface area contributed by atoms with Gasteiger partial charge in [-0.05, 0) is 48.0 Å². The van der Waals surface area contributed by atoms with Gasteiger partial charge >= 0.3 is 5.97 Å². The molecule has 0 saturated carbocycles. The minimum absolute atomic E-state index is 0. The number of carbonyl (C=O) groups is 2. The molecule has 0 aromatic heterocycles. The largest absolute Gasteiger partial charge is 0.481 e. The number of hydrogen-bond donors (Lipinski definition) is 1. The van der Waals surface area contributed by atoms with Gasteiger partial charge in [0.2, 0.25) is 0 Å². The molecular formula is C29H38N6O3. The predicted molar refractivity (Wildman–Crippen MR) is 154 cm³/mol. The first-order chi connectivity index (χ1) is 16.8. The van der Waals surface area contributed by atoms with Gasteiger partial charge in [-0.3, -0.25) is 9.59 Å². The summed E-state index contributed by atoms with van der Waals surface area (Å²) in [6.07, 6.45) is 1.02. The number of rotatable bonds is 9. The number of Topliss-reactive ketones (excluding diaryl/α,β-unsaturated/α-hetero) is 1. The molecular weight excluding hydrogens is 480 g/mol. The van der Waals surface area contributed by atoms with Crippen molar-refractivity contribution in [3.8, 4) is 0 Å². The Labute approximate surface area is 225 Å². The van der Waals surface area contributed by atoms with Crippen LogP contribution in [0.1, 0.15) is 68.6 Å². The fourth-order valence-corrected chi connectivity index (χ4v) is 3.23. The molecule has 0 bridgehead atoms. The standard InChI is InChI=1S/C17H17N3O.C9H9N3O2.3CH4/c1-13-7-10-15(11-8-13)17(19-20-18)16(21)12-9-14-5-3-2-4-6-14;1-6-2-4-7(5-3-6)8(9(13)14)11-12-10;;;/h2-8,10-11,17H,9,12H2,1H3;2-5,8H,1H3,(H,13,14);3*1H4. The molecule has 0 fully saturated rings. The van der Waals surface area contributed by atoms with Crippen molar-refractivity contribution in [2.24, 2.45) is 10.2 Å². The van der Waals surface area contributed by atoms with Crippen molar-refractivity contribution < 1.29 is 14.7 Å². The number of carboxylic acid groups (broad SMARTS) is 1. The second kappa shape index (κ2) is 18.7. The van der Waals surface area contributed by atoms with Crippen LogP contribution in [0, 0.1) is 13.8 Å². The van der Waals surface area contributed by atoms with E-state index in [1.807, 2.05) is 68.4 Å². The lowest BCUT2D eigenvalue weighted by Crippen LogP contribution is -2.11. The Bertz CT molecular complexity index is 1210. The van der Waals surface area contributed by atoms with Gasteiger partial charge in [-0.15, -0.1) is 0 Å². The first-order valence-electron chi connectivity index (χ1n) is 10.9. The Balaban J connectivity index is 0. The van der Waals surface area contributed by atoms with Gasteiger partial charge < -0.3 is 5.11 Å². The van der Waals surface area contributed by atoms with E-state index in [0.29, 0.717) is 18.4 Å². The summed E-state index contributed by atoms with van der Waals surface area (Å²) in [5.41, 5.74) is 21.4. The SMILES string of the molecule is C.C.C.Cc1ccc(C(N=[N+]=[N-])C(=O)CCc2ccccc2)cc1.Cc1ccc(C(N=[N+]=[N-])C(=O)O)cc1. The van der Waals surface area contributed by atoms with E-state index in [2.05, 4.69) is 20.1 Å². The van der Waals surface area contributed by atoms with Gasteiger partial charge in [0.25, 0.3) is 0 Å². The van der Waals surface area contributed by atoms with Crippen LogP contribution in [0.3, 0.4) is 0 Å². The summed E-state index contributed by atoms with van der Waals surface area (Å²) in [5.74, 6) is -1.20. The molecule has 9 heteroatoms. The smallest absolute Gasteiger partial charge is 0.316 e. The molecule has 0 heterocycles. The van der Waals surface area contributed by atoms with Crippen LogP contribution in [0.5, 0.6) is 0 Å². The molecule has 202 valence electrons. The summed E-state index contributed by atoms with van der Waals surface area (Å²) in [4.78, 5) is 28.4. The van der Waals surface area contributed by atoms with Crippen molar-refractivity contribution in [1.82, 2.24) is 0 Å². The molecule has 0 aliphatic carbocycles. The third-order valence-electron chi connectivity index (χ3n) is 5.16. The van der Waals surface area contributed by atoms with E-state index in [1.54, 1.807) is 24.3 Å². The third-order valence-corrected chi connectivity index (χ3v) is 5.16. The number of nitrogens with zero attached hydrogens (tertiary/aromatic N) is 6. The highest BCUT2D eigenvalue weighted by molar-refractivity contribution is 5.85. The summed E-state index contributed by atoms with van der Waals surface area (Å²) in [6, 6.07) is 22.3. The van der Waals surface area contributed by atoms with Crippen molar-refractivity contribution in [1.29, 1.82) is 0 Å². The Morgan fingerprint density at radius 3 is 1.58 bits per heavy atom. The van der Waals surface area contributed by atoms with Crippen LogP contribution in [-0.2, 0) is 16.0 Å². The monoisotopic (exact) mass is 518 g/mol. The number of aryl methyl sites for hydroxylation is 3. The normalized spacial score (nSPS) is 10.6. The van der Waals surface area contributed by atoms with E-state index in [-0.39, 0.29) is 28.1 Å². The summed E-state index contributed by atoms with van der Waals surface area (Å²) in [7, 11) is 0. The predicted octanol–water partition coefficient (Wildman–Crippen LogP) is 8.89. The zero-order valence-corrected chi connectivity index (χ0v) is 19.5. The third kappa shape index (κ3) is 11.4. The average molecular weight is 519 g/mol. The van der Waals surface area contributed by atoms with Crippen molar-refractivity contribution >= 4 is 11.8 Å². The Hall–Kier alpha value is -4.58. The molecule has 3 aromatic rings. The molecule has 3 rings (SSSR count). The van der Waals surface area contributed by atoms with E-state index in [0.717, 1.165) is 22.3 Å². The van der Waals surface area contributed by atoms with E-state index in [9.17, 15) is 9.59 Å². The summed E-state index contributed by atoms with van der Waals surface area (Å²) in [6.45, 7) is 3.87. The van der Waals surface area contributed by atoms with Gasteiger partial charge in [-0.2, -0.15) is 0 Å². The maximum Gasteiger partial charge on any atom is 0.316 e. The lowest BCUT2D eigenvalue weighted by atomic mass is 9.98. The first-order valence-corrected chi connectivity index (χ1v) is 10.9. The minimum Gasteiger partial charge on any atom is -0.481 e. The summed E-state index contributed by atoms with van der Waals surface area (Å²) >= 11 is 0. The van der Waals surface area contributed by atoms with E-state index in [4.69, 9.17) is 16.2 Å². The number of carboxylic acids is 1. The van der Waals surface area contributed by atoms with Gasteiger partial charge in [0, 0.05) is 16.2 Å². The average Bonchev–Trinajstić information content (AvgIpc) is 2.86. The molecule has 9 nitrogen and oxygen atoms in total. The molecule has 0 spiro atoms. The number of azide groups is 2. The number of aliphatic carboxylic acids is 1. The molecule has 1 N–H and O–H groups in total. The second-order valence-electron chi connectivity index (χ2n) is 7.83. The molecule has 3 aromatic carbocycles. The topological polar surface area (TPSA) is 152 Å². The van der Waals surface area contributed by atoms with E-state index >= 15 is 0 Å². The number of carbonyl (C=O) groups excluding carboxylic acids is 1. The highest BCUT2D eigenvalue weighted by Crippen LogP contribution is 2.22. The Morgan fingerprint density at radius 2 is 1.16 bits per heavy atom. The molecule has 38 heavy (non-hydrogen) atoms. The molecule has 0 radical (unpaired) electrons. The number of ketones is 1. The number of benzene rings is 3. The minimum atomic E-state index is -1.15. The Kier molecular flexibility index (Phi) is 17.5. The van der Waals surface area contributed by atoms with Crippen molar-refractivity contribution in [3.63, 3.8) is 0 Å². The maximum absolute atomic E-state index is 12.3. The van der Waals surface area contributed by atoms with Gasteiger partial charge in [-0.25, -0.2) is 0 Å². The highest BCUT2D eigenvalue weighted by Gasteiger charge is 2.19. The van der Waals surface area contributed by atoms with Crippen LogP contribution in [0.15, 0.2) is 89.1 Å². The van der Waals surface area contributed by atoms with Gasteiger partial charge in [0.05, 0.1) is 0 Å². The maximum atomic E-state index is 12.3. The highest BCUT2D eigenvalue weighted by atomic mass is 16.4. The lowest BCUT2D eigenvalue weighted by Gasteiger charge is -2.11. The second-order valence-corrected chi connectivity index (χ2v) is 7.83. The van der Waals surface area contributed by atoms with E-state index < -0.39 is 18.1 Å². The van der Waals surface area contributed by atoms with Gasteiger partial charge in [0.1, 0.15) is 11.8 Å². The van der Waals surface area contributed by atoms with Crippen LogP contribution in [0.2, 0.25) is 0 Å². The fourth-order valence-electron chi connectivity index (χ4n) is 3.23. The van der Waals surface area contributed by atoms with Gasteiger partial charge in [-0.1, -0.05) is 122 Å². The van der Waals surface area contributed by atoms with Crippen LogP contribution < -0.4 is 0 Å². The van der Waals surface area contributed by atoms with Crippen LogP contribution in [-0.4, -0.2) is 16.9 Å². The zero-order chi connectivity index (χ0) is 25.6. The van der Waals surface area contributed by atoms with Crippen molar-refractivity contribution in [2.45, 2.75) is 61.1 Å². The van der Waals surface area contributed by atoms with Gasteiger partial charge in [0.15, 0.2) is 6.04 Å². The summed E-state index contributed by atoms with van der Waals surface area (Å²) < 4.78 is 0. The van der Waals surface area contributed by atoms with Crippen LogP contribution in [0.4, 0.5) is 0 Å². The summed E-state index contributed by atoms with van der Waals surface area (Å²) in [5, 5.41) is 15.6. The zero-order valence-electron chi connectivity index (χ0n) is 19.5. The molecule has 0 aliphatic rings. The lowest BCUT2D eigenvalue weighted by molar-refractivity contribution is -0.138. The van der Waals surface area contributed by atoms with Crippen molar-refractivity contribution in [3.05, 3.63) is 128 Å². The van der Waals surface area contributed by atoms with Crippen LogP contribution >= 0.6 is 0 Å². The number of hydrogen-bond acceptors (Lipinski definition) is 4. The molecule has 0 saturated heterocycles. The Morgan fingerprint density at radius 1 is 0.737 bits per heavy atom. The molecule has 0 amide bonds.